The molecule has 2 aromatic carbocycles. The van der Waals surface area contributed by atoms with Crippen molar-refractivity contribution in [3.8, 4) is 11.3 Å². The van der Waals surface area contributed by atoms with Crippen LogP contribution in [0.3, 0.4) is 0 Å². The molecule has 0 saturated heterocycles. The molecule has 7 nitrogen and oxygen atoms in total. The van der Waals surface area contributed by atoms with E-state index in [1.807, 2.05) is 50.2 Å². The Bertz CT molecular complexity index is 1360. The first-order chi connectivity index (χ1) is 15.9. The summed E-state index contributed by atoms with van der Waals surface area (Å²) in [4.78, 5) is 20.8. The van der Waals surface area contributed by atoms with Gasteiger partial charge in [-0.2, -0.15) is 0 Å². The van der Waals surface area contributed by atoms with Gasteiger partial charge in [-0.15, -0.1) is 0 Å². The first-order valence-corrected chi connectivity index (χ1v) is 10.5. The molecule has 0 unspecified atom stereocenters. The van der Waals surface area contributed by atoms with Crippen LogP contribution in [0.5, 0.6) is 0 Å². The Morgan fingerprint density at radius 2 is 1.85 bits per heavy atom. The van der Waals surface area contributed by atoms with E-state index in [0.29, 0.717) is 28.1 Å². The summed E-state index contributed by atoms with van der Waals surface area (Å²) in [5, 5.41) is 2.94. The second-order valence-electron chi connectivity index (χ2n) is 8.29. The van der Waals surface area contributed by atoms with E-state index in [4.69, 9.17) is 9.72 Å². The van der Waals surface area contributed by atoms with E-state index in [1.165, 1.54) is 12.1 Å². The summed E-state index contributed by atoms with van der Waals surface area (Å²) in [6, 6.07) is 20.3. The summed E-state index contributed by atoms with van der Waals surface area (Å²) in [5.74, 6) is 0.0579. The van der Waals surface area contributed by atoms with Gasteiger partial charge in [-0.3, -0.25) is 10.4 Å². The van der Waals surface area contributed by atoms with Crippen molar-refractivity contribution in [2.75, 3.05) is 17.5 Å². The van der Waals surface area contributed by atoms with Gasteiger partial charge in [0, 0.05) is 22.5 Å². The van der Waals surface area contributed by atoms with E-state index < -0.39 is 11.5 Å². The zero-order valence-electron chi connectivity index (χ0n) is 18.4. The van der Waals surface area contributed by atoms with E-state index >= 15 is 4.48 Å². The molecular formula is C25H22FN5O2. The van der Waals surface area contributed by atoms with Crippen LogP contribution >= 0.6 is 0 Å². The molecule has 0 spiro atoms. The van der Waals surface area contributed by atoms with E-state index in [-0.39, 0.29) is 0 Å². The van der Waals surface area contributed by atoms with Crippen LogP contribution in [0.15, 0.2) is 72.9 Å². The number of halogens is 1. The van der Waals surface area contributed by atoms with Crippen molar-refractivity contribution >= 4 is 28.4 Å². The Labute approximate surface area is 190 Å². The average Bonchev–Trinajstić information content (AvgIpc) is 3.18. The summed E-state index contributed by atoms with van der Waals surface area (Å²) in [6.07, 6.45) is 1.75. The smallest absolute Gasteiger partial charge is 0.337 e. The SMILES string of the molecule is COC(=O)c1ccc(-c2ccc3c(n2)N(C(C)(C)c2ccc4ncccc4c2)N(F)N3)cc1. The Kier molecular flexibility index (Phi) is 4.94. The normalized spacial score (nSPS) is 13.6. The molecule has 1 aliphatic rings. The van der Waals surface area contributed by atoms with Crippen LogP contribution in [-0.4, -0.2) is 28.4 Å². The monoisotopic (exact) mass is 443 g/mol. The molecule has 2 aromatic heterocycles. The number of fused-ring (bicyclic) bond motifs is 2. The molecule has 3 heterocycles. The van der Waals surface area contributed by atoms with Crippen LogP contribution in [0.4, 0.5) is 16.0 Å². The second kappa shape index (κ2) is 7.83. The standard InChI is InChI=1S/C25H22FN5O2/c1-25(2,19-10-11-20-18(15-19)5-4-14-27-20)30-23-22(29-31(30)26)13-12-21(28-23)16-6-8-17(9-7-16)24(32)33-3/h4-15,29H,1-3H3. The lowest BCUT2D eigenvalue weighted by molar-refractivity contribution is 0.0222. The van der Waals surface area contributed by atoms with Crippen molar-refractivity contribution in [3.63, 3.8) is 0 Å². The number of carbonyl (C=O) groups is 1. The molecule has 166 valence electrons. The van der Waals surface area contributed by atoms with Gasteiger partial charge >= 0.3 is 5.97 Å². The fourth-order valence-corrected chi connectivity index (χ4v) is 4.05. The van der Waals surface area contributed by atoms with Crippen molar-refractivity contribution in [2.45, 2.75) is 19.4 Å². The number of benzene rings is 2. The van der Waals surface area contributed by atoms with Crippen LogP contribution in [0.1, 0.15) is 29.8 Å². The number of nitrogens with zero attached hydrogens (tertiary/aromatic N) is 4. The van der Waals surface area contributed by atoms with E-state index in [9.17, 15) is 4.79 Å². The molecule has 0 radical (unpaired) electrons. The maximum absolute atomic E-state index is 15.1. The fourth-order valence-electron chi connectivity index (χ4n) is 4.05. The first-order valence-electron chi connectivity index (χ1n) is 10.5. The zero-order chi connectivity index (χ0) is 23.2. The molecule has 0 bridgehead atoms. The van der Waals surface area contributed by atoms with Crippen LogP contribution in [-0.2, 0) is 10.3 Å². The molecule has 0 amide bonds. The van der Waals surface area contributed by atoms with Gasteiger partial charge in [0.2, 0.25) is 0 Å². The topological polar surface area (TPSA) is 70.6 Å². The third-order valence-electron chi connectivity index (χ3n) is 5.90. The molecule has 0 atom stereocenters. The molecule has 5 rings (SSSR count). The minimum atomic E-state index is -0.766. The summed E-state index contributed by atoms with van der Waals surface area (Å²) in [7, 11) is 1.34. The Balaban J connectivity index is 1.53. The summed E-state index contributed by atoms with van der Waals surface area (Å²) < 4.78 is 19.9. The Morgan fingerprint density at radius 3 is 2.61 bits per heavy atom. The van der Waals surface area contributed by atoms with E-state index in [2.05, 4.69) is 10.4 Å². The van der Waals surface area contributed by atoms with Crippen molar-refractivity contribution in [1.82, 2.24) is 15.3 Å². The molecule has 1 N–H and O–H groups in total. The minimum absolute atomic E-state index is 0.403. The Morgan fingerprint density at radius 1 is 1.06 bits per heavy atom. The predicted octanol–water partition coefficient (Wildman–Crippen LogP) is 5.27. The van der Waals surface area contributed by atoms with Crippen molar-refractivity contribution in [3.05, 3.63) is 84.1 Å². The maximum atomic E-state index is 15.1. The number of nitrogens with one attached hydrogen (secondary N) is 1. The summed E-state index contributed by atoms with van der Waals surface area (Å²) in [5.41, 5.74) is 6.22. The number of anilines is 2. The highest BCUT2D eigenvalue weighted by atomic mass is 19.2. The van der Waals surface area contributed by atoms with Crippen molar-refractivity contribution in [1.29, 1.82) is 0 Å². The highest BCUT2D eigenvalue weighted by Crippen LogP contribution is 2.43. The van der Waals surface area contributed by atoms with Gasteiger partial charge in [0.15, 0.2) is 5.82 Å². The third-order valence-corrected chi connectivity index (χ3v) is 5.90. The van der Waals surface area contributed by atoms with Gasteiger partial charge in [0.25, 0.3) is 0 Å². The zero-order valence-corrected chi connectivity index (χ0v) is 18.4. The number of aromatic nitrogens is 2. The van der Waals surface area contributed by atoms with Gasteiger partial charge in [0.1, 0.15) is 0 Å². The lowest BCUT2D eigenvalue weighted by Crippen LogP contribution is -2.48. The molecule has 0 aliphatic carbocycles. The Hall–Kier alpha value is -4.04. The molecule has 1 aliphatic heterocycles. The van der Waals surface area contributed by atoms with E-state index in [1.54, 1.807) is 36.5 Å². The highest BCUT2D eigenvalue weighted by Gasteiger charge is 2.41. The number of methoxy groups -OCH3 is 1. The molecule has 0 fully saturated rings. The second-order valence-corrected chi connectivity index (χ2v) is 8.29. The molecule has 8 heteroatoms. The van der Waals surface area contributed by atoms with Crippen LogP contribution < -0.4 is 10.4 Å². The number of hydrogen-bond donors (Lipinski definition) is 1. The van der Waals surface area contributed by atoms with E-state index in [0.717, 1.165) is 22.0 Å². The lowest BCUT2D eigenvalue weighted by atomic mass is 9.92. The molecule has 33 heavy (non-hydrogen) atoms. The predicted molar refractivity (Wildman–Crippen MR) is 125 cm³/mol. The summed E-state index contributed by atoms with van der Waals surface area (Å²) in [6.45, 7) is 3.88. The lowest BCUT2D eigenvalue weighted by Gasteiger charge is -2.37. The van der Waals surface area contributed by atoms with Crippen LogP contribution in [0.2, 0.25) is 0 Å². The fraction of sp³-hybridized carbons (Fsp3) is 0.160. The quantitative estimate of drug-likeness (QED) is 0.340. The van der Waals surface area contributed by atoms with Gasteiger partial charge in [0.05, 0.1) is 35.1 Å². The average molecular weight is 443 g/mol. The van der Waals surface area contributed by atoms with Gasteiger partial charge in [-0.1, -0.05) is 28.7 Å². The van der Waals surface area contributed by atoms with Crippen LogP contribution in [0, 0.1) is 0 Å². The minimum Gasteiger partial charge on any atom is -0.465 e. The highest BCUT2D eigenvalue weighted by molar-refractivity contribution is 5.90. The van der Waals surface area contributed by atoms with Crippen molar-refractivity contribution in [2.24, 2.45) is 0 Å². The van der Waals surface area contributed by atoms with Crippen LogP contribution in [0.25, 0.3) is 22.2 Å². The number of ether oxygens (including phenoxy) is 1. The number of hydrazine groups is 2. The molecular weight excluding hydrogens is 421 g/mol. The number of rotatable bonds is 4. The number of pyridine rings is 2. The summed E-state index contributed by atoms with van der Waals surface area (Å²) >= 11 is 0. The number of carbonyl (C=O) groups excluding carboxylic acids is 1. The maximum Gasteiger partial charge on any atom is 0.337 e. The largest absolute Gasteiger partial charge is 0.465 e. The number of esters is 1. The van der Waals surface area contributed by atoms with Gasteiger partial charge < -0.3 is 4.74 Å². The number of hydrogen-bond acceptors (Lipinski definition) is 7. The third kappa shape index (κ3) is 3.54. The van der Waals surface area contributed by atoms with Crippen molar-refractivity contribution < 1.29 is 14.0 Å². The molecule has 4 aromatic rings. The van der Waals surface area contributed by atoms with Gasteiger partial charge in [-0.25, -0.2) is 14.8 Å². The first kappa shape index (κ1) is 20.8. The van der Waals surface area contributed by atoms with Gasteiger partial charge in [-0.05, 0) is 61.9 Å². The molecule has 0 saturated carbocycles.